The van der Waals surface area contributed by atoms with Crippen molar-refractivity contribution in [2.75, 3.05) is 11.1 Å². The smallest absolute Gasteiger partial charge is 0.276 e. The second-order valence-corrected chi connectivity index (χ2v) is 7.66. The molecule has 0 radical (unpaired) electrons. The standard InChI is InChI=1S/C16H13ClN4O3S/c1-2-25(23,24)16-19-9-11(17)14(21-16)15(22)20-13-7-3-6-12-10(13)5-4-8-18-12/h3-9H,2H2,1H3,(H,20,22). The molecule has 0 spiro atoms. The third kappa shape index (κ3) is 3.45. The maximum Gasteiger partial charge on any atom is 0.276 e. The maximum absolute atomic E-state index is 12.5. The topological polar surface area (TPSA) is 102 Å². The number of hydrogen-bond donors (Lipinski definition) is 1. The Morgan fingerprint density at radius 2 is 2.00 bits per heavy atom. The van der Waals surface area contributed by atoms with Crippen LogP contribution in [-0.2, 0) is 9.84 Å². The zero-order chi connectivity index (χ0) is 18.0. The van der Waals surface area contributed by atoms with Crippen LogP contribution >= 0.6 is 11.6 Å². The van der Waals surface area contributed by atoms with Gasteiger partial charge in [0.15, 0.2) is 5.69 Å². The molecule has 1 N–H and O–H groups in total. The van der Waals surface area contributed by atoms with Crippen molar-refractivity contribution in [1.29, 1.82) is 0 Å². The van der Waals surface area contributed by atoms with Gasteiger partial charge in [-0.1, -0.05) is 24.6 Å². The molecule has 7 nitrogen and oxygen atoms in total. The van der Waals surface area contributed by atoms with E-state index in [0.717, 1.165) is 11.6 Å². The number of rotatable bonds is 4. The average molecular weight is 377 g/mol. The first-order valence-corrected chi connectivity index (χ1v) is 9.36. The van der Waals surface area contributed by atoms with Crippen LogP contribution in [0, 0.1) is 0 Å². The maximum atomic E-state index is 12.5. The first-order valence-electron chi connectivity index (χ1n) is 7.33. The van der Waals surface area contributed by atoms with Crippen molar-refractivity contribution >= 4 is 43.9 Å². The van der Waals surface area contributed by atoms with E-state index in [9.17, 15) is 13.2 Å². The molecule has 2 heterocycles. The van der Waals surface area contributed by atoms with E-state index in [4.69, 9.17) is 11.6 Å². The monoisotopic (exact) mass is 376 g/mol. The van der Waals surface area contributed by atoms with Crippen LogP contribution < -0.4 is 5.32 Å². The second kappa shape index (κ2) is 6.73. The molecule has 9 heteroatoms. The van der Waals surface area contributed by atoms with Crippen LogP contribution in [-0.4, -0.2) is 35.0 Å². The number of anilines is 1. The summed E-state index contributed by atoms with van der Waals surface area (Å²) in [6, 6.07) is 8.84. The highest BCUT2D eigenvalue weighted by molar-refractivity contribution is 7.91. The average Bonchev–Trinajstić information content (AvgIpc) is 2.62. The summed E-state index contributed by atoms with van der Waals surface area (Å²) in [6.45, 7) is 1.47. The number of fused-ring (bicyclic) bond motifs is 1. The van der Waals surface area contributed by atoms with E-state index in [1.807, 2.05) is 12.1 Å². The lowest BCUT2D eigenvalue weighted by Gasteiger charge is -2.09. The van der Waals surface area contributed by atoms with Crippen LogP contribution in [0.5, 0.6) is 0 Å². The van der Waals surface area contributed by atoms with Crippen LogP contribution in [0.4, 0.5) is 5.69 Å². The number of sulfone groups is 1. The zero-order valence-electron chi connectivity index (χ0n) is 13.1. The summed E-state index contributed by atoms with van der Waals surface area (Å²) in [4.78, 5) is 24.3. The van der Waals surface area contributed by atoms with Gasteiger partial charge in [-0.15, -0.1) is 0 Å². The van der Waals surface area contributed by atoms with Crippen LogP contribution in [0.3, 0.4) is 0 Å². The molecule has 25 heavy (non-hydrogen) atoms. The van der Waals surface area contributed by atoms with Crippen molar-refractivity contribution in [3.63, 3.8) is 0 Å². The van der Waals surface area contributed by atoms with Crippen molar-refractivity contribution in [3.05, 3.63) is 53.4 Å². The Morgan fingerprint density at radius 1 is 1.20 bits per heavy atom. The van der Waals surface area contributed by atoms with Crippen LogP contribution in [0.2, 0.25) is 5.02 Å². The highest BCUT2D eigenvalue weighted by atomic mass is 35.5. The number of benzene rings is 1. The van der Waals surface area contributed by atoms with Crippen molar-refractivity contribution < 1.29 is 13.2 Å². The Hall–Kier alpha value is -2.58. The minimum atomic E-state index is -3.65. The largest absolute Gasteiger partial charge is 0.320 e. The fraction of sp³-hybridized carbons (Fsp3) is 0.125. The normalized spacial score (nSPS) is 11.4. The molecule has 0 aliphatic carbocycles. The Bertz CT molecular complexity index is 1060. The highest BCUT2D eigenvalue weighted by Crippen LogP contribution is 2.23. The Balaban J connectivity index is 2.00. The molecule has 0 saturated carbocycles. The number of pyridine rings is 1. The first-order chi connectivity index (χ1) is 11.9. The van der Waals surface area contributed by atoms with Gasteiger partial charge in [0.2, 0.25) is 15.0 Å². The molecule has 0 fully saturated rings. The summed E-state index contributed by atoms with van der Waals surface area (Å²) in [5, 5.41) is 2.97. The molecule has 3 aromatic rings. The molecule has 1 aromatic carbocycles. The van der Waals surface area contributed by atoms with E-state index in [1.54, 1.807) is 24.4 Å². The summed E-state index contributed by atoms with van der Waals surface area (Å²) < 4.78 is 23.8. The summed E-state index contributed by atoms with van der Waals surface area (Å²) in [6.07, 6.45) is 2.76. The minimum Gasteiger partial charge on any atom is -0.320 e. The quantitative estimate of drug-likeness (QED) is 0.702. The van der Waals surface area contributed by atoms with Gasteiger partial charge in [0.1, 0.15) is 0 Å². The van der Waals surface area contributed by atoms with E-state index < -0.39 is 20.9 Å². The molecule has 0 unspecified atom stereocenters. The molecule has 2 aromatic heterocycles. The summed E-state index contributed by atoms with van der Waals surface area (Å²) in [7, 11) is -3.65. The van der Waals surface area contributed by atoms with E-state index in [-0.39, 0.29) is 16.5 Å². The van der Waals surface area contributed by atoms with Gasteiger partial charge < -0.3 is 5.32 Å². The highest BCUT2D eigenvalue weighted by Gasteiger charge is 2.21. The van der Waals surface area contributed by atoms with Gasteiger partial charge in [-0.05, 0) is 24.3 Å². The van der Waals surface area contributed by atoms with Gasteiger partial charge in [0.05, 0.1) is 28.2 Å². The summed E-state index contributed by atoms with van der Waals surface area (Å²) in [5.41, 5.74) is 1.03. The lowest BCUT2D eigenvalue weighted by molar-refractivity contribution is 0.102. The third-order valence-corrected chi connectivity index (χ3v) is 5.28. The second-order valence-electron chi connectivity index (χ2n) is 5.08. The van der Waals surface area contributed by atoms with Crippen LogP contribution in [0.1, 0.15) is 17.4 Å². The Kier molecular flexibility index (Phi) is 4.65. The van der Waals surface area contributed by atoms with E-state index in [1.165, 1.54) is 6.92 Å². The van der Waals surface area contributed by atoms with E-state index in [0.29, 0.717) is 11.2 Å². The predicted molar refractivity (Wildman–Crippen MR) is 94.5 cm³/mol. The van der Waals surface area contributed by atoms with Crippen molar-refractivity contribution in [3.8, 4) is 0 Å². The lowest BCUT2D eigenvalue weighted by atomic mass is 10.2. The van der Waals surface area contributed by atoms with Gasteiger partial charge in [-0.3, -0.25) is 9.78 Å². The SMILES string of the molecule is CCS(=O)(=O)c1ncc(Cl)c(C(=O)Nc2cccc3ncccc23)n1. The third-order valence-electron chi connectivity index (χ3n) is 3.49. The fourth-order valence-corrected chi connectivity index (χ4v) is 3.06. The van der Waals surface area contributed by atoms with Gasteiger partial charge >= 0.3 is 0 Å². The van der Waals surface area contributed by atoms with Crippen molar-refractivity contribution in [2.45, 2.75) is 12.1 Å². The van der Waals surface area contributed by atoms with Crippen molar-refractivity contribution in [2.24, 2.45) is 0 Å². The van der Waals surface area contributed by atoms with Crippen LogP contribution in [0.25, 0.3) is 10.9 Å². The zero-order valence-corrected chi connectivity index (χ0v) is 14.7. The number of nitrogens with one attached hydrogen (secondary N) is 1. The fourth-order valence-electron chi connectivity index (χ4n) is 2.18. The first kappa shape index (κ1) is 17.2. The van der Waals surface area contributed by atoms with Crippen LogP contribution in [0.15, 0.2) is 47.9 Å². The van der Waals surface area contributed by atoms with Gasteiger partial charge in [-0.2, -0.15) is 0 Å². The molecule has 1 amide bonds. The number of nitrogens with zero attached hydrogens (tertiary/aromatic N) is 3. The number of carbonyl (C=O) groups excluding carboxylic acids is 1. The lowest BCUT2D eigenvalue weighted by Crippen LogP contribution is -2.18. The summed E-state index contributed by atoms with van der Waals surface area (Å²) in [5.74, 6) is -0.804. The molecule has 3 rings (SSSR count). The molecule has 0 bridgehead atoms. The van der Waals surface area contributed by atoms with E-state index in [2.05, 4.69) is 20.3 Å². The number of aromatic nitrogens is 3. The summed E-state index contributed by atoms with van der Waals surface area (Å²) >= 11 is 5.98. The Morgan fingerprint density at radius 3 is 2.76 bits per heavy atom. The number of carbonyl (C=O) groups is 1. The van der Waals surface area contributed by atoms with E-state index >= 15 is 0 Å². The molecular weight excluding hydrogens is 364 g/mol. The van der Waals surface area contributed by atoms with Gasteiger partial charge in [0.25, 0.3) is 5.91 Å². The number of halogens is 1. The Labute approximate surface area is 149 Å². The molecule has 128 valence electrons. The molecule has 0 aliphatic heterocycles. The number of hydrogen-bond acceptors (Lipinski definition) is 6. The van der Waals surface area contributed by atoms with Crippen molar-refractivity contribution in [1.82, 2.24) is 15.0 Å². The molecule has 0 atom stereocenters. The van der Waals surface area contributed by atoms with Gasteiger partial charge in [-0.25, -0.2) is 18.4 Å². The minimum absolute atomic E-state index is 0.0362. The molecule has 0 saturated heterocycles. The number of amides is 1. The predicted octanol–water partition coefficient (Wildman–Crippen LogP) is 2.72. The van der Waals surface area contributed by atoms with Gasteiger partial charge in [0, 0.05) is 11.6 Å². The molecular formula is C16H13ClN4O3S. The molecule has 0 aliphatic rings.